The number of aliphatic hydroxyl groups is 1. The van der Waals surface area contributed by atoms with Gasteiger partial charge < -0.3 is 10.4 Å². The number of thiophene rings is 1. The van der Waals surface area contributed by atoms with Gasteiger partial charge in [0, 0.05) is 17.5 Å². The lowest BCUT2D eigenvalue weighted by Crippen LogP contribution is -2.46. The molecule has 1 aromatic rings. The molecule has 0 aromatic carbocycles. The van der Waals surface area contributed by atoms with E-state index in [9.17, 15) is 5.11 Å². The van der Waals surface area contributed by atoms with Crippen LogP contribution in [0.1, 0.15) is 37.1 Å². The number of hydrogen-bond donors (Lipinski definition) is 2. The summed E-state index contributed by atoms with van der Waals surface area (Å²) in [4.78, 5) is 1.31. The van der Waals surface area contributed by atoms with Crippen LogP contribution in [0.5, 0.6) is 0 Å². The fraction of sp³-hybridized carbons (Fsp3) is 0.636. The van der Waals surface area contributed by atoms with Gasteiger partial charge in [-0.2, -0.15) is 0 Å². The predicted molar refractivity (Wildman–Crippen MR) is 67.2 cm³/mol. The second kappa shape index (κ2) is 4.53. The lowest BCUT2D eigenvalue weighted by atomic mass is 9.80. The highest BCUT2D eigenvalue weighted by Crippen LogP contribution is 2.32. The zero-order valence-electron chi connectivity index (χ0n) is 8.79. The van der Waals surface area contributed by atoms with E-state index in [1.54, 1.807) is 11.3 Å². The summed E-state index contributed by atoms with van der Waals surface area (Å²) in [5.41, 5.74) is -0.428. The maximum absolute atomic E-state index is 9.94. The minimum Gasteiger partial charge on any atom is -0.389 e. The Balaban J connectivity index is 1.84. The lowest BCUT2D eigenvalue weighted by molar-refractivity contribution is -0.0328. The molecular weight excluding hydrogens is 274 g/mol. The van der Waals surface area contributed by atoms with Gasteiger partial charge in [0.2, 0.25) is 0 Å². The third kappa shape index (κ3) is 2.81. The number of rotatable bonds is 4. The van der Waals surface area contributed by atoms with Gasteiger partial charge in [-0.25, -0.2) is 0 Å². The Hall–Kier alpha value is 0.1000. The van der Waals surface area contributed by atoms with E-state index in [-0.39, 0.29) is 0 Å². The number of hydrogen-bond acceptors (Lipinski definition) is 3. The molecule has 2 rings (SSSR count). The normalized spacial score (nSPS) is 21.0. The molecule has 15 heavy (non-hydrogen) atoms. The fourth-order valence-corrected chi connectivity index (χ4v) is 3.22. The summed E-state index contributed by atoms with van der Waals surface area (Å²) in [6.07, 6.45) is 3.05. The van der Waals surface area contributed by atoms with E-state index in [1.165, 1.54) is 4.88 Å². The van der Waals surface area contributed by atoms with Crippen molar-refractivity contribution in [3.63, 3.8) is 0 Å². The molecule has 0 bridgehead atoms. The average Bonchev–Trinajstić information content (AvgIpc) is 2.58. The van der Waals surface area contributed by atoms with E-state index >= 15 is 0 Å². The number of halogens is 1. The lowest BCUT2D eigenvalue weighted by Gasteiger charge is -2.37. The third-order valence-corrected chi connectivity index (χ3v) is 4.85. The summed E-state index contributed by atoms with van der Waals surface area (Å²) < 4.78 is 1.16. The van der Waals surface area contributed by atoms with Crippen molar-refractivity contribution in [1.29, 1.82) is 0 Å². The van der Waals surface area contributed by atoms with Crippen molar-refractivity contribution < 1.29 is 5.11 Å². The van der Waals surface area contributed by atoms with Crippen molar-refractivity contribution >= 4 is 27.3 Å². The van der Waals surface area contributed by atoms with Crippen LogP contribution in [0.3, 0.4) is 0 Å². The van der Waals surface area contributed by atoms with Gasteiger partial charge in [-0.15, -0.1) is 11.3 Å². The van der Waals surface area contributed by atoms with Gasteiger partial charge in [-0.05, 0) is 54.2 Å². The first-order valence-corrected chi connectivity index (χ1v) is 6.91. The number of nitrogens with one attached hydrogen (secondary N) is 1. The molecule has 1 heterocycles. The highest BCUT2D eigenvalue weighted by molar-refractivity contribution is 9.11. The Kier molecular flexibility index (Phi) is 3.50. The maximum atomic E-state index is 9.94. The molecule has 4 heteroatoms. The minimum atomic E-state index is -0.428. The Morgan fingerprint density at radius 2 is 2.33 bits per heavy atom. The van der Waals surface area contributed by atoms with Crippen LogP contribution in [0.25, 0.3) is 0 Å². The molecule has 0 spiro atoms. The molecule has 0 amide bonds. The van der Waals surface area contributed by atoms with Crippen molar-refractivity contribution in [3.8, 4) is 0 Å². The first kappa shape index (κ1) is 11.6. The summed E-state index contributed by atoms with van der Waals surface area (Å²) in [5.74, 6) is 0. The first-order chi connectivity index (χ1) is 7.09. The summed E-state index contributed by atoms with van der Waals surface area (Å²) >= 11 is 5.20. The Morgan fingerprint density at radius 3 is 2.80 bits per heavy atom. The van der Waals surface area contributed by atoms with Crippen molar-refractivity contribution in [3.05, 3.63) is 20.8 Å². The van der Waals surface area contributed by atoms with Crippen LogP contribution in [0.4, 0.5) is 0 Å². The van der Waals surface area contributed by atoms with Crippen molar-refractivity contribution in [2.45, 2.75) is 37.8 Å². The quantitative estimate of drug-likeness (QED) is 0.893. The van der Waals surface area contributed by atoms with Crippen LogP contribution in [0.15, 0.2) is 15.9 Å². The molecule has 1 fully saturated rings. The van der Waals surface area contributed by atoms with Gasteiger partial charge in [-0.3, -0.25) is 0 Å². The van der Waals surface area contributed by atoms with E-state index in [4.69, 9.17) is 0 Å². The van der Waals surface area contributed by atoms with E-state index in [0.29, 0.717) is 12.6 Å². The SMILES string of the molecule is CC(NCC1(O)CCC1)c1ccc(Br)s1. The van der Waals surface area contributed by atoms with E-state index in [2.05, 4.69) is 40.3 Å². The topological polar surface area (TPSA) is 32.3 Å². The summed E-state index contributed by atoms with van der Waals surface area (Å²) in [6.45, 7) is 2.85. The van der Waals surface area contributed by atoms with E-state index in [1.807, 2.05) is 0 Å². The van der Waals surface area contributed by atoms with Crippen molar-refractivity contribution in [1.82, 2.24) is 5.32 Å². The predicted octanol–water partition coefficient (Wildman–Crippen LogP) is 3.08. The Morgan fingerprint density at radius 1 is 1.60 bits per heavy atom. The van der Waals surface area contributed by atoms with Crippen LogP contribution < -0.4 is 5.32 Å². The highest BCUT2D eigenvalue weighted by atomic mass is 79.9. The van der Waals surface area contributed by atoms with Crippen LogP contribution in [-0.4, -0.2) is 17.3 Å². The van der Waals surface area contributed by atoms with E-state index < -0.39 is 5.60 Å². The van der Waals surface area contributed by atoms with Gasteiger partial charge in [0.05, 0.1) is 9.39 Å². The zero-order chi connectivity index (χ0) is 10.9. The maximum Gasteiger partial charge on any atom is 0.0771 e. The molecule has 1 saturated carbocycles. The molecule has 1 aromatic heterocycles. The Bertz CT molecular complexity index is 335. The highest BCUT2D eigenvalue weighted by Gasteiger charge is 2.34. The van der Waals surface area contributed by atoms with Crippen LogP contribution in [0, 0.1) is 0 Å². The minimum absolute atomic E-state index is 0.325. The molecule has 2 nitrogen and oxygen atoms in total. The molecule has 0 saturated heterocycles. The fourth-order valence-electron chi connectivity index (χ4n) is 1.77. The smallest absolute Gasteiger partial charge is 0.0771 e. The molecule has 1 unspecified atom stereocenters. The summed E-state index contributed by atoms with van der Waals surface area (Å²) in [6, 6.07) is 4.51. The van der Waals surface area contributed by atoms with Crippen LogP contribution >= 0.6 is 27.3 Å². The molecule has 1 atom stereocenters. The Labute approximate surface area is 103 Å². The second-order valence-corrected chi connectivity index (χ2v) is 6.82. The molecule has 2 N–H and O–H groups in total. The van der Waals surface area contributed by atoms with Gasteiger partial charge >= 0.3 is 0 Å². The molecular formula is C11H16BrNOS. The molecule has 84 valence electrons. The first-order valence-electron chi connectivity index (χ1n) is 5.30. The van der Waals surface area contributed by atoms with Crippen molar-refractivity contribution in [2.24, 2.45) is 0 Å². The molecule has 0 aliphatic heterocycles. The van der Waals surface area contributed by atoms with Crippen molar-refractivity contribution in [2.75, 3.05) is 6.54 Å². The van der Waals surface area contributed by atoms with Crippen LogP contribution in [0.2, 0.25) is 0 Å². The van der Waals surface area contributed by atoms with Gasteiger partial charge in [0.25, 0.3) is 0 Å². The van der Waals surface area contributed by atoms with E-state index in [0.717, 1.165) is 23.0 Å². The standard InChI is InChI=1S/C11H16BrNOS/c1-8(9-3-4-10(12)15-9)13-7-11(14)5-2-6-11/h3-4,8,13-14H,2,5-7H2,1H3. The van der Waals surface area contributed by atoms with Gasteiger partial charge in [-0.1, -0.05) is 0 Å². The molecule has 1 aliphatic rings. The largest absolute Gasteiger partial charge is 0.389 e. The second-order valence-electron chi connectivity index (χ2n) is 4.32. The zero-order valence-corrected chi connectivity index (χ0v) is 11.2. The van der Waals surface area contributed by atoms with Gasteiger partial charge in [0.1, 0.15) is 0 Å². The van der Waals surface area contributed by atoms with Crippen LogP contribution in [-0.2, 0) is 0 Å². The van der Waals surface area contributed by atoms with Gasteiger partial charge in [0.15, 0.2) is 0 Å². The monoisotopic (exact) mass is 289 g/mol. The summed E-state index contributed by atoms with van der Waals surface area (Å²) in [5, 5.41) is 13.3. The summed E-state index contributed by atoms with van der Waals surface area (Å²) in [7, 11) is 0. The molecule has 1 aliphatic carbocycles. The third-order valence-electron chi connectivity index (χ3n) is 3.04. The average molecular weight is 290 g/mol. The molecule has 0 radical (unpaired) electrons.